The Kier molecular flexibility index (Phi) is 5.71. The van der Waals surface area contributed by atoms with Gasteiger partial charge in [0, 0.05) is 18.7 Å². The van der Waals surface area contributed by atoms with Gasteiger partial charge in [-0.3, -0.25) is 0 Å². The summed E-state index contributed by atoms with van der Waals surface area (Å²) >= 11 is 0. The third kappa shape index (κ3) is 4.74. The van der Waals surface area contributed by atoms with Crippen molar-refractivity contribution in [2.75, 3.05) is 32.1 Å². The molecule has 0 radical (unpaired) electrons. The zero-order chi connectivity index (χ0) is 18.6. The summed E-state index contributed by atoms with van der Waals surface area (Å²) in [6, 6.07) is 7.25. The van der Waals surface area contributed by atoms with Crippen molar-refractivity contribution in [3.05, 3.63) is 35.0 Å². The molecular weight excluding hydrogens is 324 g/mol. The van der Waals surface area contributed by atoms with Crippen molar-refractivity contribution in [1.82, 2.24) is 5.01 Å². The van der Waals surface area contributed by atoms with Crippen molar-refractivity contribution >= 4 is 11.7 Å². The first-order valence-corrected chi connectivity index (χ1v) is 8.23. The number of rotatable bonds is 5. The van der Waals surface area contributed by atoms with Crippen LogP contribution in [-0.2, 0) is 9.57 Å². The summed E-state index contributed by atoms with van der Waals surface area (Å²) < 4.78 is 4.75. The number of carbonyl (C=O) groups excluding carboxylic acids is 1. The highest BCUT2D eigenvalue weighted by Crippen LogP contribution is 2.23. The average molecular weight is 350 g/mol. The van der Waals surface area contributed by atoms with E-state index in [1.165, 1.54) is 12.1 Å². The second-order valence-electron chi connectivity index (χ2n) is 7.03. The average Bonchev–Trinajstić information content (AvgIpc) is 3.06. The molecule has 1 saturated heterocycles. The molecule has 0 unspecified atom stereocenters. The van der Waals surface area contributed by atoms with E-state index in [0.29, 0.717) is 17.1 Å². The van der Waals surface area contributed by atoms with Crippen LogP contribution in [-0.4, -0.2) is 54.8 Å². The minimum absolute atomic E-state index is 0.174. The van der Waals surface area contributed by atoms with Gasteiger partial charge in [-0.2, -0.15) is 0 Å². The normalized spacial score (nSPS) is 18.2. The summed E-state index contributed by atoms with van der Waals surface area (Å²) in [6.07, 6.45) is 0.575. The molecule has 0 saturated carbocycles. The van der Waals surface area contributed by atoms with E-state index >= 15 is 0 Å². The quantitative estimate of drug-likeness (QED) is 0.351. The molecule has 0 bridgehead atoms. The zero-order valence-electron chi connectivity index (χ0n) is 15.4. The summed E-state index contributed by atoms with van der Waals surface area (Å²) in [5.41, 5.74) is 1.08. The van der Waals surface area contributed by atoms with Gasteiger partial charge in [-0.15, -0.1) is 5.01 Å². The lowest BCUT2D eigenvalue weighted by atomic mass is 10.1. The summed E-state index contributed by atoms with van der Waals surface area (Å²) in [7, 11) is 3.03. The van der Waals surface area contributed by atoms with E-state index in [0.717, 1.165) is 18.7 Å². The Balaban J connectivity index is 1.97. The lowest BCUT2D eigenvalue weighted by Crippen LogP contribution is -2.42. The number of hydrogen-bond acceptors (Lipinski definition) is 6. The highest BCUT2D eigenvalue weighted by molar-refractivity contribution is 5.90. The van der Waals surface area contributed by atoms with E-state index in [9.17, 15) is 10.0 Å². The topological polar surface area (TPSA) is 80.4 Å². The fourth-order valence-corrected chi connectivity index (χ4v) is 2.41. The van der Waals surface area contributed by atoms with Crippen LogP contribution in [0.3, 0.4) is 0 Å². The molecule has 1 aromatic rings. The van der Waals surface area contributed by atoms with Crippen molar-refractivity contribution in [2.45, 2.75) is 38.8 Å². The summed E-state index contributed by atoms with van der Waals surface area (Å²) in [5, 5.41) is 17.1. The predicted molar refractivity (Wildman–Crippen MR) is 93.1 cm³/mol. The third-order valence-electron chi connectivity index (χ3n) is 4.27. The second kappa shape index (κ2) is 7.58. The maximum absolute atomic E-state index is 11.9. The predicted octanol–water partition coefficient (Wildman–Crippen LogP) is 2.59. The molecule has 1 heterocycles. The van der Waals surface area contributed by atoms with Crippen LogP contribution < -0.4 is 4.90 Å². The number of methoxy groups -OCH3 is 1. The van der Waals surface area contributed by atoms with E-state index in [4.69, 9.17) is 9.57 Å². The van der Waals surface area contributed by atoms with E-state index in [-0.39, 0.29) is 17.6 Å². The maximum atomic E-state index is 11.9. The maximum Gasteiger partial charge on any atom is 0.337 e. The number of ether oxygens (including phenoxy) is 1. The van der Waals surface area contributed by atoms with Gasteiger partial charge in [0.25, 0.3) is 0 Å². The standard InChI is InChI=1S/C17H26N4O4/c1-17(2,3)19(4)21(23)18-25-15-9-10-20(12-15)14-8-6-7-13(11-14)16(22)24-5/h6-8,11,15H,9-10,12H2,1-5H3/b21-18+/t15-/m1/s1. The van der Waals surface area contributed by atoms with E-state index in [2.05, 4.69) is 10.2 Å². The van der Waals surface area contributed by atoms with Crippen molar-refractivity contribution in [1.29, 1.82) is 0 Å². The number of carbonyl (C=O) groups is 1. The molecule has 25 heavy (non-hydrogen) atoms. The molecule has 0 aromatic heterocycles. The van der Waals surface area contributed by atoms with Gasteiger partial charge in [0.15, 0.2) is 6.10 Å². The first-order chi connectivity index (χ1) is 11.7. The second-order valence-corrected chi connectivity index (χ2v) is 7.03. The number of hydrazine groups is 1. The molecule has 1 aromatic carbocycles. The summed E-state index contributed by atoms with van der Waals surface area (Å²) in [5.74, 6) is -0.365. The number of anilines is 1. The largest absolute Gasteiger partial charge is 0.569 e. The molecule has 1 atom stereocenters. The van der Waals surface area contributed by atoms with Gasteiger partial charge in [-0.25, -0.2) is 4.79 Å². The van der Waals surface area contributed by atoms with Gasteiger partial charge >= 0.3 is 5.97 Å². The van der Waals surface area contributed by atoms with Crippen molar-refractivity contribution in [3.63, 3.8) is 0 Å². The summed E-state index contributed by atoms with van der Waals surface area (Å²) in [4.78, 5) is 19.6. The lowest BCUT2D eigenvalue weighted by molar-refractivity contribution is -0.720. The molecule has 1 aliphatic heterocycles. The minimum atomic E-state index is -0.365. The van der Waals surface area contributed by atoms with Gasteiger partial charge in [0.2, 0.25) is 5.28 Å². The first-order valence-electron chi connectivity index (χ1n) is 8.23. The molecule has 1 fully saturated rings. The van der Waals surface area contributed by atoms with E-state index in [1.54, 1.807) is 19.2 Å². The Morgan fingerprint density at radius 3 is 2.80 bits per heavy atom. The Morgan fingerprint density at radius 1 is 1.44 bits per heavy atom. The van der Waals surface area contributed by atoms with E-state index in [1.807, 2.05) is 32.9 Å². The highest BCUT2D eigenvalue weighted by Gasteiger charge is 2.28. The molecule has 1 aliphatic rings. The molecule has 138 valence electrons. The van der Waals surface area contributed by atoms with Crippen LogP contribution in [0.1, 0.15) is 37.6 Å². The molecule has 8 nitrogen and oxygen atoms in total. The number of nitrogens with zero attached hydrogens (tertiary/aromatic N) is 4. The van der Waals surface area contributed by atoms with Crippen LogP contribution in [0.2, 0.25) is 0 Å². The van der Waals surface area contributed by atoms with Gasteiger partial charge in [0.05, 0.1) is 36.8 Å². The highest BCUT2D eigenvalue weighted by atomic mass is 16.7. The fourth-order valence-electron chi connectivity index (χ4n) is 2.41. The van der Waals surface area contributed by atoms with Crippen molar-refractivity contribution < 1.29 is 19.3 Å². The lowest BCUT2D eigenvalue weighted by Gasteiger charge is -2.26. The van der Waals surface area contributed by atoms with Crippen molar-refractivity contribution in [2.24, 2.45) is 5.28 Å². The molecule has 8 heteroatoms. The SMILES string of the molecule is COC(=O)c1cccc(N2CC[C@@H](O/N=[N+](/[O-])N(C)C(C)(C)C)C2)c1. The smallest absolute Gasteiger partial charge is 0.337 e. The van der Waals surface area contributed by atoms with Crippen molar-refractivity contribution in [3.8, 4) is 0 Å². The molecule has 2 rings (SSSR count). The first kappa shape index (κ1) is 18.8. The minimum Gasteiger partial charge on any atom is -0.569 e. The molecule has 0 amide bonds. The van der Waals surface area contributed by atoms with Crippen LogP contribution >= 0.6 is 0 Å². The van der Waals surface area contributed by atoms with Gasteiger partial charge in [-0.1, -0.05) is 6.07 Å². The monoisotopic (exact) mass is 350 g/mol. The fraction of sp³-hybridized carbons (Fsp3) is 0.588. The number of hydrogen-bond donors (Lipinski definition) is 0. The Hall–Kier alpha value is -2.51. The van der Waals surface area contributed by atoms with Gasteiger partial charge in [0.1, 0.15) is 0 Å². The zero-order valence-corrected chi connectivity index (χ0v) is 15.4. The number of benzene rings is 1. The summed E-state index contributed by atoms with van der Waals surface area (Å²) in [6.45, 7) is 7.11. The van der Waals surface area contributed by atoms with Gasteiger partial charge in [-0.05, 0) is 39.0 Å². The van der Waals surface area contributed by atoms with Crippen LogP contribution in [0.25, 0.3) is 0 Å². The van der Waals surface area contributed by atoms with Crippen LogP contribution in [0, 0.1) is 5.21 Å². The van der Waals surface area contributed by atoms with Crippen LogP contribution in [0.4, 0.5) is 5.69 Å². The van der Waals surface area contributed by atoms with Crippen LogP contribution in [0.15, 0.2) is 29.5 Å². The molecule has 0 aliphatic carbocycles. The Morgan fingerprint density at radius 2 is 2.16 bits per heavy atom. The van der Waals surface area contributed by atoms with Crippen LogP contribution in [0.5, 0.6) is 0 Å². The van der Waals surface area contributed by atoms with E-state index < -0.39 is 0 Å². The molecular formula is C17H26N4O4. The third-order valence-corrected chi connectivity index (χ3v) is 4.27. The van der Waals surface area contributed by atoms with Gasteiger partial charge < -0.3 is 19.7 Å². The number of esters is 1. The Bertz CT molecular complexity index is 642. The molecule has 0 spiro atoms. The Labute approximate surface area is 148 Å². The molecule has 0 N–H and O–H groups in total.